The van der Waals surface area contributed by atoms with Crippen LogP contribution in [0.4, 0.5) is 0 Å². The number of methoxy groups -OCH3 is 2. The van der Waals surface area contributed by atoms with Gasteiger partial charge in [-0.3, -0.25) is 0 Å². The van der Waals surface area contributed by atoms with E-state index in [2.05, 4.69) is 0 Å². The molecule has 0 saturated carbocycles. The Labute approximate surface area is 97.0 Å². The Morgan fingerprint density at radius 1 is 1.06 bits per heavy atom. The van der Waals surface area contributed by atoms with Crippen LogP contribution in [0.15, 0.2) is 30.3 Å². The molecule has 0 amide bonds. The fraction of sp³-hybridized carbons (Fsp3) is 0.538. The molecule has 0 bridgehead atoms. The summed E-state index contributed by atoms with van der Waals surface area (Å²) in [6.07, 6.45) is -1.07. The molecule has 0 aliphatic carbocycles. The zero-order valence-electron chi connectivity index (χ0n) is 10.3. The van der Waals surface area contributed by atoms with Gasteiger partial charge in [0.1, 0.15) is 0 Å². The summed E-state index contributed by atoms with van der Waals surface area (Å²) in [5.41, 5.74) is 0.358. The Balaban J connectivity index is 2.91. The summed E-state index contributed by atoms with van der Waals surface area (Å²) >= 11 is 0. The number of hydrogen-bond acceptors (Lipinski definition) is 3. The topological polar surface area (TPSA) is 38.7 Å². The maximum Gasteiger partial charge on any atom is 0.164 e. The van der Waals surface area contributed by atoms with Crippen molar-refractivity contribution < 1.29 is 14.6 Å². The van der Waals surface area contributed by atoms with Gasteiger partial charge in [-0.2, -0.15) is 0 Å². The normalized spacial score (nSPS) is 14.1. The summed E-state index contributed by atoms with van der Waals surface area (Å²) in [6, 6.07) is 9.53. The maximum absolute atomic E-state index is 10.3. The zero-order chi connectivity index (χ0) is 12.2. The second-order valence-corrected chi connectivity index (χ2v) is 4.44. The van der Waals surface area contributed by atoms with Crippen LogP contribution in [-0.4, -0.2) is 25.6 Å². The summed E-state index contributed by atoms with van der Waals surface area (Å²) in [7, 11) is 3.15. The van der Waals surface area contributed by atoms with E-state index >= 15 is 0 Å². The first-order valence-corrected chi connectivity index (χ1v) is 5.32. The van der Waals surface area contributed by atoms with Crippen molar-refractivity contribution in [3.63, 3.8) is 0 Å². The summed E-state index contributed by atoms with van der Waals surface area (Å²) in [6.45, 7) is 3.84. The minimum Gasteiger partial charge on any atom is -0.388 e. The number of hydrogen-bond donors (Lipinski definition) is 1. The second-order valence-electron chi connectivity index (χ2n) is 4.44. The van der Waals surface area contributed by atoms with Crippen molar-refractivity contribution in [3.8, 4) is 0 Å². The molecule has 0 unspecified atom stereocenters. The highest BCUT2D eigenvalue weighted by Crippen LogP contribution is 2.37. The van der Waals surface area contributed by atoms with Crippen molar-refractivity contribution in [3.05, 3.63) is 35.9 Å². The minimum absolute atomic E-state index is 0.442. The highest BCUT2D eigenvalue weighted by molar-refractivity contribution is 5.19. The molecule has 0 radical (unpaired) electrons. The van der Waals surface area contributed by atoms with Gasteiger partial charge in [0.25, 0.3) is 0 Å². The molecule has 0 aliphatic heterocycles. The van der Waals surface area contributed by atoms with E-state index in [9.17, 15) is 5.11 Å². The van der Waals surface area contributed by atoms with Gasteiger partial charge in [0.15, 0.2) is 6.29 Å². The molecule has 0 fully saturated rings. The molecular weight excluding hydrogens is 204 g/mol. The number of aliphatic hydroxyl groups excluding tert-OH is 1. The number of ether oxygens (including phenoxy) is 2. The van der Waals surface area contributed by atoms with Gasteiger partial charge < -0.3 is 14.6 Å². The first-order chi connectivity index (χ1) is 7.54. The summed E-state index contributed by atoms with van der Waals surface area (Å²) in [5.74, 6) is 0. The maximum atomic E-state index is 10.3. The number of aliphatic hydroxyl groups is 1. The molecule has 90 valence electrons. The Morgan fingerprint density at radius 2 is 1.56 bits per heavy atom. The second kappa shape index (κ2) is 5.43. The Morgan fingerprint density at radius 3 is 2.00 bits per heavy atom. The van der Waals surface area contributed by atoms with Gasteiger partial charge in [-0.15, -0.1) is 0 Å². The fourth-order valence-electron chi connectivity index (χ4n) is 1.90. The van der Waals surface area contributed by atoms with Crippen LogP contribution < -0.4 is 0 Å². The van der Waals surface area contributed by atoms with E-state index in [1.807, 2.05) is 44.2 Å². The molecule has 3 nitrogen and oxygen atoms in total. The largest absolute Gasteiger partial charge is 0.388 e. The lowest BCUT2D eigenvalue weighted by Gasteiger charge is -2.36. The van der Waals surface area contributed by atoms with Crippen LogP contribution >= 0.6 is 0 Å². The van der Waals surface area contributed by atoms with E-state index in [4.69, 9.17) is 9.47 Å². The predicted octanol–water partition coefficient (Wildman–Crippen LogP) is 2.37. The molecular formula is C13H20O3. The van der Waals surface area contributed by atoms with Crippen LogP contribution in [-0.2, 0) is 9.47 Å². The third-order valence-electron chi connectivity index (χ3n) is 2.86. The molecule has 0 aromatic heterocycles. The van der Waals surface area contributed by atoms with Crippen LogP contribution in [0.25, 0.3) is 0 Å². The standard InChI is InChI=1S/C13H20O3/c1-13(2,12(15-3)16-4)11(14)10-8-6-5-7-9-10/h5-9,11-12,14H,1-4H3/t11-/m1/s1. The molecule has 1 atom stereocenters. The van der Waals surface area contributed by atoms with Gasteiger partial charge >= 0.3 is 0 Å². The first kappa shape index (κ1) is 13.2. The van der Waals surface area contributed by atoms with Crippen molar-refractivity contribution >= 4 is 0 Å². The molecule has 1 rings (SSSR count). The minimum atomic E-state index is -0.626. The molecule has 3 heteroatoms. The number of rotatable bonds is 5. The Hall–Kier alpha value is -0.900. The Bertz CT molecular complexity index is 304. The summed E-state index contributed by atoms with van der Waals surface area (Å²) in [4.78, 5) is 0. The fourth-order valence-corrected chi connectivity index (χ4v) is 1.90. The average Bonchev–Trinajstić information content (AvgIpc) is 2.30. The van der Waals surface area contributed by atoms with E-state index in [0.29, 0.717) is 0 Å². The van der Waals surface area contributed by atoms with Crippen molar-refractivity contribution in [2.75, 3.05) is 14.2 Å². The predicted molar refractivity (Wildman–Crippen MR) is 63.0 cm³/mol. The molecule has 0 heterocycles. The van der Waals surface area contributed by atoms with Crippen molar-refractivity contribution in [2.45, 2.75) is 26.2 Å². The van der Waals surface area contributed by atoms with E-state index in [1.165, 1.54) is 0 Å². The lowest BCUT2D eigenvalue weighted by molar-refractivity contribution is -0.198. The summed E-state index contributed by atoms with van der Waals surface area (Å²) in [5, 5.41) is 10.3. The molecule has 0 aliphatic rings. The van der Waals surface area contributed by atoms with Crippen molar-refractivity contribution in [1.82, 2.24) is 0 Å². The zero-order valence-corrected chi connectivity index (χ0v) is 10.3. The van der Waals surface area contributed by atoms with Crippen LogP contribution in [0.2, 0.25) is 0 Å². The highest BCUT2D eigenvalue weighted by atomic mass is 16.7. The lowest BCUT2D eigenvalue weighted by atomic mass is 9.82. The van der Waals surface area contributed by atoms with Crippen LogP contribution in [0.5, 0.6) is 0 Å². The van der Waals surface area contributed by atoms with Crippen LogP contribution in [0.3, 0.4) is 0 Å². The smallest absolute Gasteiger partial charge is 0.164 e. The number of benzene rings is 1. The van der Waals surface area contributed by atoms with Gasteiger partial charge in [0, 0.05) is 19.6 Å². The van der Waals surface area contributed by atoms with Crippen molar-refractivity contribution in [2.24, 2.45) is 5.41 Å². The Kier molecular flexibility index (Phi) is 4.47. The lowest BCUT2D eigenvalue weighted by Crippen LogP contribution is -2.38. The first-order valence-electron chi connectivity index (χ1n) is 5.32. The van der Waals surface area contributed by atoms with Gasteiger partial charge in [-0.1, -0.05) is 44.2 Å². The SMILES string of the molecule is COC(OC)C(C)(C)[C@H](O)c1ccccc1. The van der Waals surface area contributed by atoms with Gasteiger partial charge in [0.05, 0.1) is 6.10 Å². The van der Waals surface area contributed by atoms with Gasteiger partial charge in [-0.25, -0.2) is 0 Å². The van der Waals surface area contributed by atoms with Gasteiger partial charge in [0.2, 0.25) is 0 Å². The third kappa shape index (κ3) is 2.61. The summed E-state index contributed by atoms with van der Waals surface area (Å²) < 4.78 is 10.4. The van der Waals surface area contributed by atoms with Crippen LogP contribution in [0.1, 0.15) is 25.5 Å². The molecule has 1 aromatic rings. The monoisotopic (exact) mass is 224 g/mol. The van der Waals surface area contributed by atoms with Gasteiger partial charge in [-0.05, 0) is 5.56 Å². The van der Waals surface area contributed by atoms with Crippen LogP contribution in [0, 0.1) is 5.41 Å². The van der Waals surface area contributed by atoms with E-state index in [1.54, 1.807) is 14.2 Å². The van der Waals surface area contributed by atoms with E-state index < -0.39 is 17.8 Å². The highest BCUT2D eigenvalue weighted by Gasteiger charge is 2.37. The average molecular weight is 224 g/mol. The van der Waals surface area contributed by atoms with Crippen molar-refractivity contribution in [1.29, 1.82) is 0 Å². The molecule has 1 aromatic carbocycles. The molecule has 1 N–H and O–H groups in total. The third-order valence-corrected chi connectivity index (χ3v) is 2.86. The van der Waals surface area contributed by atoms with E-state index in [-0.39, 0.29) is 0 Å². The molecule has 0 saturated heterocycles. The molecule has 0 spiro atoms. The quantitative estimate of drug-likeness (QED) is 0.780. The molecule has 16 heavy (non-hydrogen) atoms. The van der Waals surface area contributed by atoms with E-state index in [0.717, 1.165) is 5.56 Å².